The van der Waals surface area contributed by atoms with Crippen LogP contribution in [-0.2, 0) is 6.42 Å². The fourth-order valence-electron chi connectivity index (χ4n) is 1.42. The Morgan fingerprint density at radius 1 is 1.43 bits per heavy atom. The maximum absolute atomic E-state index is 9.48. The van der Waals surface area contributed by atoms with Gasteiger partial charge in [-0.05, 0) is 18.1 Å². The third kappa shape index (κ3) is 1.58. The van der Waals surface area contributed by atoms with Crippen LogP contribution in [0.5, 0.6) is 5.75 Å². The Bertz CT molecular complexity index is 445. The topological polar surface area (TPSA) is 46.3 Å². The third-order valence-electron chi connectivity index (χ3n) is 2.02. The van der Waals surface area contributed by atoms with Crippen LogP contribution >= 0.6 is 0 Å². The van der Waals surface area contributed by atoms with Gasteiger partial charge >= 0.3 is 0 Å². The van der Waals surface area contributed by atoms with Gasteiger partial charge in [0.25, 0.3) is 0 Å². The van der Waals surface area contributed by atoms with Gasteiger partial charge in [0.05, 0.1) is 0 Å². The summed E-state index contributed by atoms with van der Waals surface area (Å²) in [6.45, 7) is 4.21. The van der Waals surface area contributed by atoms with E-state index in [1.165, 1.54) is 0 Å². The molecule has 3 heteroatoms. The van der Waals surface area contributed by atoms with Crippen LogP contribution in [0.2, 0.25) is 0 Å². The van der Waals surface area contributed by atoms with Gasteiger partial charge in [-0.25, -0.2) is 4.98 Å². The lowest BCUT2D eigenvalue weighted by Crippen LogP contribution is -1.93. The minimum absolute atomic E-state index is 0.157. The molecule has 0 atom stereocenters. The van der Waals surface area contributed by atoms with Crippen LogP contribution in [0.1, 0.15) is 19.7 Å². The first-order valence-electron chi connectivity index (χ1n) is 4.74. The highest BCUT2D eigenvalue weighted by Crippen LogP contribution is 2.25. The predicted octanol–water partition coefficient (Wildman–Crippen LogP) is 2.73. The molecule has 0 radical (unpaired) electrons. The molecular weight excluding hydrogens is 178 g/mol. The first-order chi connectivity index (χ1) is 6.66. The van der Waals surface area contributed by atoms with Gasteiger partial charge in [0.1, 0.15) is 5.52 Å². The highest BCUT2D eigenvalue weighted by molar-refractivity contribution is 5.78. The van der Waals surface area contributed by atoms with Gasteiger partial charge in [0.2, 0.25) is 0 Å². The summed E-state index contributed by atoms with van der Waals surface area (Å²) in [4.78, 5) is 4.29. The molecule has 1 N–H and O–H groups in total. The van der Waals surface area contributed by atoms with Crippen LogP contribution in [0, 0.1) is 5.92 Å². The van der Waals surface area contributed by atoms with Gasteiger partial charge in [-0.1, -0.05) is 19.9 Å². The summed E-state index contributed by atoms with van der Waals surface area (Å²) < 4.78 is 5.45. The van der Waals surface area contributed by atoms with E-state index in [-0.39, 0.29) is 5.75 Å². The summed E-state index contributed by atoms with van der Waals surface area (Å²) >= 11 is 0. The Hall–Kier alpha value is -1.51. The number of nitrogens with zero attached hydrogens (tertiary/aromatic N) is 1. The van der Waals surface area contributed by atoms with Crippen molar-refractivity contribution in [1.82, 2.24) is 4.98 Å². The number of fused-ring (bicyclic) bond motifs is 1. The molecule has 0 bridgehead atoms. The zero-order valence-electron chi connectivity index (χ0n) is 8.32. The molecule has 0 saturated heterocycles. The van der Waals surface area contributed by atoms with Crippen molar-refractivity contribution in [2.45, 2.75) is 20.3 Å². The Morgan fingerprint density at radius 3 is 2.86 bits per heavy atom. The second-order valence-corrected chi connectivity index (χ2v) is 3.83. The van der Waals surface area contributed by atoms with E-state index < -0.39 is 0 Å². The van der Waals surface area contributed by atoms with Crippen LogP contribution in [0.15, 0.2) is 22.6 Å². The van der Waals surface area contributed by atoms with Crippen molar-refractivity contribution in [3.05, 3.63) is 24.1 Å². The molecule has 1 heterocycles. The predicted molar refractivity (Wildman–Crippen MR) is 54.2 cm³/mol. The van der Waals surface area contributed by atoms with E-state index in [1.807, 2.05) is 6.07 Å². The molecule has 0 aliphatic rings. The molecule has 0 spiro atoms. The first-order valence-corrected chi connectivity index (χ1v) is 4.74. The van der Waals surface area contributed by atoms with Gasteiger partial charge in [-0.15, -0.1) is 0 Å². The van der Waals surface area contributed by atoms with Crippen LogP contribution in [-0.4, -0.2) is 10.1 Å². The molecule has 0 unspecified atom stereocenters. The van der Waals surface area contributed by atoms with E-state index >= 15 is 0 Å². The van der Waals surface area contributed by atoms with Crippen molar-refractivity contribution in [1.29, 1.82) is 0 Å². The molecule has 2 rings (SSSR count). The van der Waals surface area contributed by atoms with E-state index in [2.05, 4.69) is 18.8 Å². The summed E-state index contributed by atoms with van der Waals surface area (Å²) in [7, 11) is 0. The Kier molecular flexibility index (Phi) is 2.15. The summed E-state index contributed by atoms with van der Waals surface area (Å²) in [5, 5.41) is 9.48. The van der Waals surface area contributed by atoms with Crippen molar-refractivity contribution >= 4 is 11.1 Å². The van der Waals surface area contributed by atoms with Crippen LogP contribution in [0.3, 0.4) is 0 Å². The molecule has 0 saturated carbocycles. The number of phenols is 1. The average molecular weight is 191 g/mol. The zero-order valence-corrected chi connectivity index (χ0v) is 8.32. The first kappa shape index (κ1) is 9.06. The number of rotatable bonds is 2. The maximum Gasteiger partial charge on any atom is 0.196 e. The maximum atomic E-state index is 9.48. The fourth-order valence-corrected chi connectivity index (χ4v) is 1.42. The number of para-hydroxylation sites is 1. The van der Waals surface area contributed by atoms with Gasteiger partial charge in [0.15, 0.2) is 17.2 Å². The summed E-state index contributed by atoms with van der Waals surface area (Å²) in [6, 6.07) is 5.20. The van der Waals surface area contributed by atoms with E-state index in [9.17, 15) is 5.11 Å². The number of aromatic hydroxyl groups is 1. The molecule has 74 valence electrons. The molecule has 3 nitrogen and oxygen atoms in total. The van der Waals surface area contributed by atoms with Crippen molar-refractivity contribution in [2.24, 2.45) is 5.92 Å². The monoisotopic (exact) mass is 191 g/mol. The lowest BCUT2D eigenvalue weighted by atomic mass is 10.1. The lowest BCUT2D eigenvalue weighted by Gasteiger charge is -1.97. The third-order valence-corrected chi connectivity index (χ3v) is 2.02. The SMILES string of the molecule is CC(C)Cc1nc2cccc(O)c2o1. The summed E-state index contributed by atoms with van der Waals surface area (Å²) in [6.07, 6.45) is 0.800. The molecule has 1 aromatic heterocycles. The van der Waals surface area contributed by atoms with E-state index in [0.717, 1.165) is 11.9 Å². The standard InChI is InChI=1S/C11H13NO2/c1-7(2)6-10-12-8-4-3-5-9(13)11(8)14-10/h3-5,7,13H,6H2,1-2H3. The van der Waals surface area contributed by atoms with Gasteiger partial charge in [-0.2, -0.15) is 0 Å². The number of phenolic OH excluding ortho intramolecular Hbond substituents is 1. The Labute approximate surface area is 82.4 Å². The molecule has 1 aromatic carbocycles. The second-order valence-electron chi connectivity index (χ2n) is 3.83. The number of benzene rings is 1. The minimum Gasteiger partial charge on any atom is -0.504 e. The highest BCUT2D eigenvalue weighted by Gasteiger charge is 2.09. The zero-order chi connectivity index (χ0) is 10.1. The van der Waals surface area contributed by atoms with Crippen molar-refractivity contribution in [3.8, 4) is 5.75 Å². The number of hydrogen-bond donors (Lipinski definition) is 1. The highest BCUT2D eigenvalue weighted by atomic mass is 16.4. The Morgan fingerprint density at radius 2 is 2.21 bits per heavy atom. The van der Waals surface area contributed by atoms with Gasteiger partial charge in [-0.3, -0.25) is 0 Å². The van der Waals surface area contributed by atoms with Crippen molar-refractivity contribution in [2.75, 3.05) is 0 Å². The van der Waals surface area contributed by atoms with Crippen LogP contribution in [0.25, 0.3) is 11.1 Å². The smallest absolute Gasteiger partial charge is 0.196 e. The van der Waals surface area contributed by atoms with E-state index in [1.54, 1.807) is 12.1 Å². The van der Waals surface area contributed by atoms with E-state index in [0.29, 0.717) is 17.4 Å². The number of oxazole rings is 1. The molecule has 0 amide bonds. The quantitative estimate of drug-likeness (QED) is 0.793. The van der Waals surface area contributed by atoms with Crippen molar-refractivity contribution < 1.29 is 9.52 Å². The largest absolute Gasteiger partial charge is 0.504 e. The Balaban J connectivity index is 2.46. The van der Waals surface area contributed by atoms with Gasteiger partial charge < -0.3 is 9.52 Å². The minimum atomic E-state index is 0.157. The molecule has 14 heavy (non-hydrogen) atoms. The summed E-state index contributed by atoms with van der Waals surface area (Å²) in [5.74, 6) is 1.35. The molecule has 0 fully saturated rings. The molecule has 0 aliphatic heterocycles. The normalized spacial score (nSPS) is 11.4. The molecule has 2 aromatic rings. The van der Waals surface area contributed by atoms with Crippen molar-refractivity contribution in [3.63, 3.8) is 0 Å². The molecule has 0 aliphatic carbocycles. The van der Waals surface area contributed by atoms with Crippen LogP contribution < -0.4 is 0 Å². The second kappa shape index (κ2) is 3.33. The van der Waals surface area contributed by atoms with Gasteiger partial charge in [0, 0.05) is 6.42 Å². The fraction of sp³-hybridized carbons (Fsp3) is 0.364. The molecular formula is C11H13NO2. The average Bonchev–Trinajstić information content (AvgIpc) is 2.47. The van der Waals surface area contributed by atoms with E-state index in [4.69, 9.17) is 4.42 Å². The number of aromatic nitrogens is 1. The lowest BCUT2D eigenvalue weighted by molar-refractivity contribution is 0.444. The number of hydrogen-bond acceptors (Lipinski definition) is 3. The van der Waals surface area contributed by atoms with Crippen LogP contribution in [0.4, 0.5) is 0 Å². The summed E-state index contributed by atoms with van der Waals surface area (Å²) in [5.41, 5.74) is 1.21.